The number of anilines is 1. The lowest BCUT2D eigenvalue weighted by Crippen LogP contribution is -2.28. The maximum atomic E-state index is 13.5. The van der Waals surface area contributed by atoms with E-state index < -0.39 is 11.7 Å². The molecule has 2 N–H and O–H groups in total. The molecule has 1 aliphatic rings. The van der Waals surface area contributed by atoms with Gasteiger partial charge in [0.1, 0.15) is 18.2 Å². The molecule has 0 bridgehead atoms. The van der Waals surface area contributed by atoms with Gasteiger partial charge in [-0.25, -0.2) is 4.39 Å². The minimum Gasteiger partial charge on any atom is -0.492 e. The molecule has 0 spiro atoms. The highest BCUT2D eigenvalue weighted by Crippen LogP contribution is 2.26. The molecule has 24 heavy (non-hydrogen) atoms. The molecular formula is C18H17FN2O3. The van der Waals surface area contributed by atoms with Crippen LogP contribution >= 0.6 is 0 Å². The Kier molecular flexibility index (Phi) is 4.74. The van der Waals surface area contributed by atoms with E-state index in [9.17, 15) is 14.0 Å². The van der Waals surface area contributed by atoms with Crippen LogP contribution in [0.4, 0.5) is 10.1 Å². The number of halogens is 1. The highest BCUT2D eigenvalue weighted by Gasteiger charge is 2.15. The van der Waals surface area contributed by atoms with Crippen molar-refractivity contribution in [3.63, 3.8) is 0 Å². The summed E-state index contributed by atoms with van der Waals surface area (Å²) in [6.45, 7) is 0.534. The number of aryl methyl sites for hydroxylation is 1. The second-order valence-electron chi connectivity index (χ2n) is 5.45. The van der Waals surface area contributed by atoms with E-state index in [2.05, 4.69) is 10.6 Å². The lowest BCUT2D eigenvalue weighted by atomic mass is 10.0. The van der Waals surface area contributed by atoms with Crippen LogP contribution in [0.25, 0.3) is 0 Å². The first kappa shape index (κ1) is 16.0. The van der Waals surface area contributed by atoms with Gasteiger partial charge < -0.3 is 15.4 Å². The maximum absolute atomic E-state index is 13.5. The summed E-state index contributed by atoms with van der Waals surface area (Å²) in [5, 5.41) is 5.42. The minimum absolute atomic E-state index is 0.0158. The van der Waals surface area contributed by atoms with Gasteiger partial charge in [0.2, 0.25) is 5.91 Å². The molecule has 0 atom stereocenters. The Morgan fingerprint density at radius 3 is 2.88 bits per heavy atom. The molecule has 1 aliphatic heterocycles. The van der Waals surface area contributed by atoms with E-state index in [4.69, 9.17) is 4.74 Å². The van der Waals surface area contributed by atoms with Gasteiger partial charge in [0, 0.05) is 12.1 Å². The topological polar surface area (TPSA) is 67.4 Å². The summed E-state index contributed by atoms with van der Waals surface area (Å²) in [5.41, 5.74) is 1.86. The van der Waals surface area contributed by atoms with Gasteiger partial charge in [0.05, 0.1) is 12.1 Å². The lowest BCUT2D eigenvalue weighted by Gasteiger charge is -2.17. The molecule has 0 radical (unpaired) electrons. The summed E-state index contributed by atoms with van der Waals surface area (Å²) in [7, 11) is 0. The number of hydrogen-bond donors (Lipinski definition) is 2. The Morgan fingerprint density at radius 2 is 2.04 bits per heavy atom. The summed E-state index contributed by atoms with van der Waals surface area (Å²) >= 11 is 0. The third-order valence-corrected chi connectivity index (χ3v) is 3.75. The van der Waals surface area contributed by atoms with Gasteiger partial charge in [-0.2, -0.15) is 0 Å². The highest BCUT2D eigenvalue weighted by atomic mass is 19.1. The minimum atomic E-state index is -0.548. The van der Waals surface area contributed by atoms with E-state index in [1.165, 1.54) is 18.2 Å². The normalized spacial score (nSPS) is 13.0. The molecule has 124 valence electrons. The molecule has 3 rings (SSSR count). The molecule has 2 aromatic rings. The predicted molar refractivity (Wildman–Crippen MR) is 87.6 cm³/mol. The van der Waals surface area contributed by atoms with Crippen molar-refractivity contribution >= 4 is 17.5 Å². The zero-order valence-corrected chi connectivity index (χ0v) is 13.0. The summed E-state index contributed by atoms with van der Waals surface area (Å²) in [6.07, 6.45) is 1.15. The van der Waals surface area contributed by atoms with E-state index in [1.807, 2.05) is 6.07 Å². The van der Waals surface area contributed by atoms with Crippen molar-refractivity contribution in [3.8, 4) is 5.75 Å². The number of benzene rings is 2. The zero-order valence-electron chi connectivity index (χ0n) is 13.0. The van der Waals surface area contributed by atoms with Crippen LogP contribution in [0.15, 0.2) is 42.5 Å². The average molecular weight is 328 g/mol. The van der Waals surface area contributed by atoms with Gasteiger partial charge in [-0.15, -0.1) is 0 Å². The monoisotopic (exact) mass is 328 g/mol. The van der Waals surface area contributed by atoms with Crippen molar-refractivity contribution in [1.82, 2.24) is 5.32 Å². The average Bonchev–Trinajstić information content (AvgIpc) is 2.59. The van der Waals surface area contributed by atoms with Crippen LogP contribution in [0.2, 0.25) is 0 Å². The second-order valence-corrected chi connectivity index (χ2v) is 5.45. The molecular weight excluding hydrogens is 311 g/mol. The Morgan fingerprint density at radius 1 is 1.21 bits per heavy atom. The second kappa shape index (κ2) is 7.12. The zero-order chi connectivity index (χ0) is 16.9. The van der Waals surface area contributed by atoms with Crippen LogP contribution in [0.1, 0.15) is 22.3 Å². The molecule has 0 aliphatic carbocycles. The van der Waals surface area contributed by atoms with E-state index in [1.54, 1.807) is 18.2 Å². The first-order valence-electron chi connectivity index (χ1n) is 7.72. The Balaban J connectivity index is 1.49. The van der Waals surface area contributed by atoms with Crippen LogP contribution in [0.3, 0.4) is 0 Å². The van der Waals surface area contributed by atoms with E-state index in [0.29, 0.717) is 18.6 Å². The van der Waals surface area contributed by atoms with Crippen LogP contribution in [0.5, 0.6) is 5.75 Å². The van der Waals surface area contributed by atoms with E-state index >= 15 is 0 Å². The smallest absolute Gasteiger partial charge is 0.254 e. The lowest BCUT2D eigenvalue weighted by molar-refractivity contribution is -0.116. The van der Waals surface area contributed by atoms with E-state index in [-0.39, 0.29) is 24.6 Å². The Labute approximate surface area is 138 Å². The van der Waals surface area contributed by atoms with Crippen molar-refractivity contribution < 1.29 is 18.7 Å². The maximum Gasteiger partial charge on any atom is 0.254 e. The number of hydrogen-bond acceptors (Lipinski definition) is 3. The molecule has 1 heterocycles. The number of amides is 2. The third kappa shape index (κ3) is 3.71. The van der Waals surface area contributed by atoms with Gasteiger partial charge in [-0.05, 0) is 42.3 Å². The number of ether oxygens (including phenoxy) is 1. The fourth-order valence-electron chi connectivity index (χ4n) is 2.52. The van der Waals surface area contributed by atoms with Crippen molar-refractivity contribution in [2.24, 2.45) is 0 Å². The van der Waals surface area contributed by atoms with Gasteiger partial charge in [-0.3, -0.25) is 9.59 Å². The predicted octanol–water partition coefficient (Wildman–Crippen LogP) is 2.52. The molecule has 6 heteroatoms. The van der Waals surface area contributed by atoms with Crippen molar-refractivity contribution in [3.05, 3.63) is 59.4 Å². The number of nitrogens with one attached hydrogen (secondary N) is 2. The fraction of sp³-hybridized carbons (Fsp3) is 0.222. The summed E-state index contributed by atoms with van der Waals surface area (Å²) in [6, 6.07) is 11.3. The van der Waals surface area contributed by atoms with Gasteiger partial charge >= 0.3 is 0 Å². The molecule has 0 aromatic heterocycles. The molecule has 2 amide bonds. The number of carbonyl (C=O) groups is 2. The fourth-order valence-corrected chi connectivity index (χ4v) is 2.52. The SMILES string of the molecule is O=C1CCc2cc(OCCNC(=O)c3ccccc3F)ccc2N1. The molecule has 0 fully saturated rings. The number of carbonyl (C=O) groups excluding carboxylic acids is 2. The van der Waals surface area contributed by atoms with Crippen LogP contribution < -0.4 is 15.4 Å². The Hall–Kier alpha value is -2.89. The molecule has 0 unspecified atom stereocenters. The third-order valence-electron chi connectivity index (χ3n) is 3.75. The van der Waals surface area contributed by atoms with Gasteiger partial charge in [0.15, 0.2) is 0 Å². The van der Waals surface area contributed by atoms with Gasteiger partial charge in [-0.1, -0.05) is 12.1 Å². The van der Waals surface area contributed by atoms with Crippen molar-refractivity contribution in [2.75, 3.05) is 18.5 Å². The summed E-state index contributed by atoms with van der Waals surface area (Å²) < 4.78 is 19.1. The van der Waals surface area contributed by atoms with Crippen LogP contribution in [-0.4, -0.2) is 25.0 Å². The van der Waals surface area contributed by atoms with Gasteiger partial charge in [0.25, 0.3) is 5.91 Å². The highest BCUT2D eigenvalue weighted by molar-refractivity contribution is 5.94. The van der Waals surface area contributed by atoms with Crippen LogP contribution in [0, 0.1) is 5.82 Å². The summed E-state index contributed by atoms with van der Waals surface area (Å²) in [5.74, 6) is -0.324. The number of fused-ring (bicyclic) bond motifs is 1. The largest absolute Gasteiger partial charge is 0.492 e. The first-order chi connectivity index (χ1) is 11.6. The standard InChI is InChI=1S/C18H17FN2O3/c19-15-4-2-1-3-14(15)18(23)20-9-10-24-13-6-7-16-12(11-13)5-8-17(22)21-16/h1-4,6-7,11H,5,8-10H2,(H,20,23)(H,21,22). The first-order valence-corrected chi connectivity index (χ1v) is 7.72. The molecule has 0 saturated carbocycles. The molecule has 0 saturated heterocycles. The van der Waals surface area contributed by atoms with Crippen molar-refractivity contribution in [1.29, 1.82) is 0 Å². The number of rotatable bonds is 5. The summed E-state index contributed by atoms with van der Waals surface area (Å²) in [4.78, 5) is 23.2. The molecule has 2 aromatic carbocycles. The van der Waals surface area contributed by atoms with Crippen molar-refractivity contribution in [2.45, 2.75) is 12.8 Å². The van der Waals surface area contributed by atoms with E-state index in [0.717, 1.165) is 11.3 Å². The molecule has 5 nitrogen and oxygen atoms in total. The van der Waals surface area contributed by atoms with Crippen LogP contribution in [-0.2, 0) is 11.2 Å². The Bertz CT molecular complexity index is 777. The quantitative estimate of drug-likeness (QED) is 0.829.